The molecule has 0 saturated carbocycles. The highest BCUT2D eigenvalue weighted by Gasteiger charge is 2.30. The lowest BCUT2D eigenvalue weighted by Crippen LogP contribution is -2.19. The minimum atomic E-state index is -0.753. The van der Waals surface area contributed by atoms with E-state index in [-0.39, 0.29) is 0 Å². The molecule has 1 aliphatic heterocycles. The molecule has 2 N–H and O–H groups in total. The summed E-state index contributed by atoms with van der Waals surface area (Å²) in [4.78, 5) is 16.8. The van der Waals surface area contributed by atoms with Crippen LogP contribution in [-0.2, 0) is 16.0 Å². The molecule has 1 aromatic heterocycles. The molecule has 1 aromatic rings. The summed E-state index contributed by atoms with van der Waals surface area (Å²) in [7, 11) is 0. The van der Waals surface area contributed by atoms with Crippen molar-refractivity contribution in [2.75, 3.05) is 18.5 Å². The van der Waals surface area contributed by atoms with Crippen LogP contribution in [0, 0.1) is 0 Å². The van der Waals surface area contributed by atoms with Crippen molar-refractivity contribution >= 4 is 22.4 Å². The summed E-state index contributed by atoms with van der Waals surface area (Å²) >= 11 is 1.60. The molecule has 2 unspecified atom stereocenters. The molecule has 3 rings (SSSR count). The Bertz CT molecular complexity index is 454. The van der Waals surface area contributed by atoms with Crippen LogP contribution < -0.4 is 5.32 Å². The van der Waals surface area contributed by atoms with Crippen LogP contribution in [0.3, 0.4) is 0 Å². The van der Waals surface area contributed by atoms with Crippen molar-refractivity contribution in [2.45, 2.75) is 37.6 Å². The van der Waals surface area contributed by atoms with Gasteiger partial charge in [0.25, 0.3) is 0 Å². The zero-order valence-electron chi connectivity index (χ0n) is 10.0. The zero-order valence-corrected chi connectivity index (χ0v) is 10.8. The predicted molar refractivity (Wildman–Crippen MR) is 68.3 cm³/mol. The van der Waals surface area contributed by atoms with Crippen LogP contribution in [0.5, 0.6) is 0 Å². The van der Waals surface area contributed by atoms with Gasteiger partial charge in [0.05, 0.1) is 18.3 Å². The zero-order chi connectivity index (χ0) is 12.5. The van der Waals surface area contributed by atoms with Crippen LogP contribution in [0.2, 0.25) is 0 Å². The van der Waals surface area contributed by atoms with E-state index in [4.69, 9.17) is 4.74 Å². The SMILES string of the molecule is O=C(O)C1CCCc2sc(NC3CCOC3)nc21. The van der Waals surface area contributed by atoms with E-state index in [1.54, 1.807) is 11.3 Å². The van der Waals surface area contributed by atoms with Crippen molar-refractivity contribution in [3.63, 3.8) is 0 Å². The van der Waals surface area contributed by atoms with Crippen molar-refractivity contribution in [3.05, 3.63) is 10.6 Å². The molecule has 6 heteroatoms. The molecule has 2 heterocycles. The monoisotopic (exact) mass is 268 g/mol. The molecule has 0 bridgehead atoms. The fraction of sp³-hybridized carbons (Fsp3) is 0.667. The van der Waals surface area contributed by atoms with E-state index in [1.165, 1.54) is 0 Å². The van der Waals surface area contributed by atoms with E-state index in [0.29, 0.717) is 19.1 Å². The summed E-state index contributed by atoms with van der Waals surface area (Å²) in [5.41, 5.74) is 0.778. The number of carboxylic acids is 1. The van der Waals surface area contributed by atoms with Crippen LogP contribution in [0.1, 0.15) is 35.8 Å². The second kappa shape index (κ2) is 4.85. The highest BCUT2D eigenvalue weighted by atomic mass is 32.1. The minimum absolute atomic E-state index is 0.320. The highest BCUT2D eigenvalue weighted by molar-refractivity contribution is 7.15. The molecule has 18 heavy (non-hydrogen) atoms. The first kappa shape index (κ1) is 11.9. The number of carbonyl (C=O) groups is 1. The quantitative estimate of drug-likeness (QED) is 0.875. The van der Waals surface area contributed by atoms with Gasteiger partial charge >= 0.3 is 5.97 Å². The van der Waals surface area contributed by atoms with Crippen molar-refractivity contribution < 1.29 is 14.6 Å². The summed E-state index contributed by atoms with van der Waals surface area (Å²) in [5, 5.41) is 13.4. The Balaban J connectivity index is 1.79. The normalized spacial score (nSPS) is 26.9. The van der Waals surface area contributed by atoms with Gasteiger partial charge in [-0.2, -0.15) is 0 Å². The van der Waals surface area contributed by atoms with Gasteiger partial charge in [0.2, 0.25) is 0 Å². The first-order valence-electron chi connectivity index (χ1n) is 6.30. The van der Waals surface area contributed by atoms with E-state index in [1.807, 2.05) is 0 Å². The van der Waals surface area contributed by atoms with Crippen molar-refractivity contribution in [3.8, 4) is 0 Å². The van der Waals surface area contributed by atoms with E-state index in [9.17, 15) is 9.90 Å². The second-order valence-electron chi connectivity index (χ2n) is 4.82. The molecule has 2 atom stereocenters. The molecule has 1 saturated heterocycles. The van der Waals surface area contributed by atoms with Crippen LogP contribution >= 0.6 is 11.3 Å². The predicted octanol–water partition coefficient (Wildman–Crippen LogP) is 1.85. The van der Waals surface area contributed by atoms with Crippen molar-refractivity contribution in [1.29, 1.82) is 0 Å². The Morgan fingerprint density at radius 2 is 2.39 bits per heavy atom. The first-order chi connectivity index (χ1) is 8.74. The van der Waals surface area contributed by atoms with Crippen molar-refractivity contribution in [1.82, 2.24) is 4.98 Å². The average Bonchev–Trinajstić information content (AvgIpc) is 2.96. The number of aromatic nitrogens is 1. The van der Waals surface area contributed by atoms with E-state index >= 15 is 0 Å². The third-order valence-corrected chi connectivity index (χ3v) is 4.57. The number of rotatable bonds is 3. The van der Waals surface area contributed by atoms with Gasteiger partial charge in [0.15, 0.2) is 5.13 Å². The molecule has 0 radical (unpaired) electrons. The fourth-order valence-corrected chi connectivity index (χ4v) is 3.69. The number of ether oxygens (including phenoxy) is 1. The molecule has 98 valence electrons. The van der Waals surface area contributed by atoms with E-state index in [0.717, 1.165) is 41.6 Å². The number of aliphatic carboxylic acids is 1. The van der Waals surface area contributed by atoms with E-state index in [2.05, 4.69) is 10.3 Å². The number of fused-ring (bicyclic) bond motifs is 1. The van der Waals surface area contributed by atoms with Gasteiger partial charge in [-0.3, -0.25) is 4.79 Å². The number of anilines is 1. The molecule has 1 aliphatic carbocycles. The number of aryl methyl sites for hydroxylation is 1. The lowest BCUT2D eigenvalue weighted by molar-refractivity contribution is -0.139. The average molecular weight is 268 g/mol. The molecular weight excluding hydrogens is 252 g/mol. The maximum atomic E-state index is 11.2. The van der Waals surface area contributed by atoms with Crippen LogP contribution in [-0.4, -0.2) is 35.3 Å². The first-order valence-corrected chi connectivity index (χ1v) is 7.12. The van der Waals surface area contributed by atoms with Gasteiger partial charge in [0.1, 0.15) is 5.92 Å². The van der Waals surface area contributed by atoms with Crippen molar-refractivity contribution in [2.24, 2.45) is 0 Å². The summed E-state index contributed by atoms with van der Waals surface area (Å²) in [6.07, 6.45) is 3.60. The summed E-state index contributed by atoms with van der Waals surface area (Å²) in [6.45, 7) is 1.51. The minimum Gasteiger partial charge on any atom is -0.481 e. The standard InChI is InChI=1S/C12H16N2O3S/c15-11(16)8-2-1-3-9-10(8)14-12(18-9)13-7-4-5-17-6-7/h7-8H,1-6H2,(H,13,14)(H,15,16). The summed E-state index contributed by atoms with van der Waals surface area (Å²) in [6, 6.07) is 0.320. The summed E-state index contributed by atoms with van der Waals surface area (Å²) in [5.74, 6) is -1.17. The molecular formula is C12H16N2O3S. The Kier molecular flexibility index (Phi) is 3.22. The lowest BCUT2D eigenvalue weighted by Gasteiger charge is -2.16. The molecule has 5 nitrogen and oxygen atoms in total. The largest absolute Gasteiger partial charge is 0.481 e. The van der Waals surface area contributed by atoms with Crippen LogP contribution in [0.25, 0.3) is 0 Å². The Labute approximate surface area is 109 Å². The van der Waals surface area contributed by atoms with Crippen LogP contribution in [0.4, 0.5) is 5.13 Å². The lowest BCUT2D eigenvalue weighted by atomic mass is 9.91. The van der Waals surface area contributed by atoms with Gasteiger partial charge in [-0.25, -0.2) is 4.98 Å². The number of nitrogens with zero attached hydrogens (tertiary/aromatic N) is 1. The number of thiazole rings is 1. The Morgan fingerprint density at radius 3 is 3.11 bits per heavy atom. The molecule has 0 amide bonds. The Morgan fingerprint density at radius 1 is 1.50 bits per heavy atom. The summed E-state index contributed by atoms with van der Waals surface area (Å²) < 4.78 is 5.31. The van der Waals surface area contributed by atoms with Gasteiger partial charge in [-0.15, -0.1) is 11.3 Å². The Hall–Kier alpha value is -1.14. The number of nitrogens with one attached hydrogen (secondary N) is 1. The maximum Gasteiger partial charge on any atom is 0.312 e. The number of hydrogen-bond donors (Lipinski definition) is 2. The third-order valence-electron chi connectivity index (χ3n) is 3.51. The molecule has 0 aromatic carbocycles. The second-order valence-corrected chi connectivity index (χ2v) is 5.90. The van der Waals surface area contributed by atoms with Crippen LogP contribution in [0.15, 0.2) is 0 Å². The van der Waals surface area contributed by atoms with Gasteiger partial charge in [-0.05, 0) is 25.7 Å². The topological polar surface area (TPSA) is 71.5 Å². The van der Waals surface area contributed by atoms with Gasteiger partial charge in [-0.1, -0.05) is 0 Å². The third kappa shape index (κ3) is 2.22. The fourth-order valence-electron chi connectivity index (χ4n) is 2.54. The molecule has 2 aliphatic rings. The smallest absolute Gasteiger partial charge is 0.312 e. The number of hydrogen-bond acceptors (Lipinski definition) is 5. The highest BCUT2D eigenvalue weighted by Crippen LogP contribution is 2.37. The van der Waals surface area contributed by atoms with Gasteiger partial charge in [0, 0.05) is 11.5 Å². The number of carboxylic acid groups (broad SMARTS) is 1. The van der Waals surface area contributed by atoms with E-state index < -0.39 is 11.9 Å². The molecule has 1 fully saturated rings. The van der Waals surface area contributed by atoms with Gasteiger partial charge < -0.3 is 15.2 Å². The molecule has 0 spiro atoms. The maximum absolute atomic E-state index is 11.2.